The van der Waals surface area contributed by atoms with Gasteiger partial charge in [-0.25, -0.2) is 0 Å². The van der Waals surface area contributed by atoms with E-state index < -0.39 is 0 Å². The van der Waals surface area contributed by atoms with Crippen molar-refractivity contribution in [1.29, 1.82) is 0 Å². The summed E-state index contributed by atoms with van der Waals surface area (Å²) in [6.07, 6.45) is 1.61. The van der Waals surface area contributed by atoms with Crippen LogP contribution in [-0.4, -0.2) is 10.2 Å². The first kappa shape index (κ1) is 11.5. The maximum absolute atomic E-state index is 9.70. The third kappa shape index (κ3) is 2.60. The summed E-state index contributed by atoms with van der Waals surface area (Å²) in [7, 11) is 0. The molecule has 2 aromatic rings. The lowest BCUT2D eigenvalue weighted by Gasteiger charge is -2.16. The molecule has 0 bridgehead atoms. The van der Waals surface area contributed by atoms with E-state index in [1.54, 1.807) is 24.5 Å². The van der Waals surface area contributed by atoms with Crippen molar-refractivity contribution in [2.75, 3.05) is 0 Å². The lowest BCUT2D eigenvalue weighted by atomic mass is 10.1. The topological polar surface area (TPSA) is 65.6 Å². The normalized spacial score (nSPS) is 12.5. The van der Waals surface area contributed by atoms with Crippen LogP contribution in [0.5, 0.6) is 11.5 Å². The standard InChI is InChI=1S/C13H15NO3/c1-9(14-8-10-4-3-7-17-10)13-11(15)5-2-6-12(13)16/h2-7,9,14-16H,8H2,1H3. The van der Waals surface area contributed by atoms with Crippen LogP contribution in [0.15, 0.2) is 41.0 Å². The van der Waals surface area contributed by atoms with Gasteiger partial charge in [0.15, 0.2) is 0 Å². The minimum atomic E-state index is -0.165. The second-order valence-electron chi connectivity index (χ2n) is 3.89. The minimum Gasteiger partial charge on any atom is -0.507 e. The molecule has 4 nitrogen and oxygen atoms in total. The molecule has 1 unspecified atom stereocenters. The fraction of sp³-hybridized carbons (Fsp3) is 0.231. The van der Waals surface area contributed by atoms with Crippen LogP contribution in [0.1, 0.15) is 24.3 Å². The van der Waals surface area contributed by atoms with Crippen molar-refractivity contribution in [1.82, 2.24) is 5.32 Å². The Balaban J connectivity index is 2.07. The zero-order valence-corrected chi connectivity index (χ0v) is 9.55. The number of furan rings is 1. The molecule has 0 radical (unpaired) electrons. The van der Waals surface area contributed by atoms with E-state index >= 15 is 0 Å². The molecule has 90 valence electrons. The molecule has 3 N–H and O–H groups in total. The summed E-state index contributed by atoms with van der Waals surface area (Å²) >= 11 is 0. The average Bonchev–Trinajstić information content (AvgIpc) is 2.79. The van der Waals surface area contributed by atoms with Gasteiger partial charge in [0.2, 0.25) is 0 Å². The first-order valence-corrected chi connectivity index (χ1v) is 5.45. The zero-order chi connectivity index (χ0) is 12.3. The SMILES string of the molecule is CC(NCc1ccco1)c1c(O)cccc1O. The molecule has 0 aliphatic carbocycles. The van der Waals surface area contributed by atoms with Gasteiger partial charge in [-0.2, -0.15) is 0 Å². The van der Waals surface area contributed by atoms with Crippen molar-refractivity contribution < 1.29 is 14.6 Å². The van der Waals surface area contributed by atoms with Crippen molar-refractivity contribution in [3.63, 3.8) is 0 Å². The van der Waals surface area contributed by atoms with Gasteiger partial charge < -0.3 is 19.9 Å². The van der Waals surface area contributed by atoms with E-state index in [-0.39, 0.29) is 17.5 Å². The molecule has 2 rings (SSSR count). The van der Waals surface area contributed by atoms with E-state index in [1.165, 1.54) is 0 Å². The number of hydrogen-bond donors (Lipinski definition) is 3. The number of benzene rings is 1. The summed E-state index contributed by atoms with van der Waals surface area (Å²) in [5.74, 6) is 0.987. The van der Waals surface area contributed by atoms with Crippen LogP contribution in [0.4, 0.5) is 0 Å². The zero-order valence-electron chi connectivity index (χ0n) is 9.55. The summed E-state index contributed by atoms with van der Waals surface area (Å²) in [6, 6.07) is 8.23. The molecule has 0 saturated heterocycles. The van der Waals surface area contributed by atoms with E-state index in [0.29, 0.717) is 12.1 Å². The maximum atomic E-state index is 9.70. The maximum Gasteiger partial charge on any atom is 0.124 e. The molecule has 4 heteroatoms. The molecule has 0 saturated carbocycles. The van der Waals surface area contributed by atoms with E-state index in [4.69, 9.17) is 4.42 Å². The fourth-order valence-electron chi connectivity index (χ4n) is 1.75. The number of rotatable bonds is 4. The van der Waals surface area contributed by atoms with Crippen LogP contribution in [0, 0.1) is 0 Å². The quantitative estimate of drug-likeness (QED) is 0.759. The Morgan fingerprint density at radius 3 is 2.47 bits per heavy atom. The predicted octanol–water partition coefficient (Wildman–Crippen LogP) is 2.54. The highest BCUT2D eigenvalue weighted by Crippen LogP contribution is 2.32. The molecule has 1 aromatic heterocycles. The van der Waals surface area contributed by atoms with Gasteiger partial charge in [0.25, 0.3) is 0 Å². The Hall–Kier alpha value is -1.94. The number of phenolic OH excluding ortho intramolecular Hbond substituents is 2. The lowest BCUT2D eigenvalue weighted by molar-refractivity contribution is 0.408. The van der Waals surface area contributed by atoms with Gasteiger partial charge in [-0.1, -0.05) is 6.07 Å². The van der Waals surface area contributed by atoms with Crippen molar-refractivity contribution >= 4 is 0 Å². The second-order valence-corrected chi connectivity index (χ2v) is 3.89. The monoisotopic (exact) mass is 233 g/mol. The van der Waals surface area contributed by atoms with E-state index in [0.717, 1.165) is 5.76 Å². The first-order chi connectivity index (χ1) is 8.18. The first-order valence-electron chi connectivity index (χ1n) is 5.45. The third-order valence-corrected chi connectivity index (χ3v) is 2.66. The molecule has 17 heavy (non-hydrogen) atoms. The molecule has 1 heterocycles. The van der Waals surface area contributed by atoms with Crippen molar-refractivity contribution in [2.45, 2.75) is 19.5 Å². The van der Waals surface area contributed by atoms with E-state index in [2.05, 4.69) is 5.32 Å². The van der Waals surface area contributed by atoms with Gasteiger partial charge in [-0.05, 0) is 31.2 Å². The van der Waals surface area contributed by atoms with Crippen LogP contribution in [-0.2, 0) is 6.54 Å². The van der Waals surface area contributed by atoms with Crippen LogP contribution in [0.2, 0.25) is 0 Å². The molecule has 1 atom stereocenters. The van der Waals surface area contributed by atoms with E-state index in [9.17, 15) is 10.2 Å². The Morgan fingerprint density at radius 2 is 1.88 bits per heavy atom. The highest BCUT2D eigenvalue weighted by atomic mass is 16.3. The number of phenols is 2. The Labute approximate surface area is 99.5 Å². The Kier molecular flexibility index (Phi) is 3.35. The number of nitrogens with one attached hydrogen (secondary N) is 1. The molecule has 0 fully saturated rings. The minimum absolute atomic E-state index is 0.0874. The second kappa shape index (κ2) is 4.93. The van der Waals surface area contributed by atoms with Crippen LogP contribution in [0.25, 0.3) is 0 Å². The summed E-state index contributed by atoms with van der Waals surface area (Å²) in [6.45, 7) is 2.42. The average molecular weight is 233 g/mol. The fourth-order valence-corrected chi connectivity index (χ4v) is 1.75. The van der Waals surface area contributed by atoms with E-state index in [1.807, 2.05) is 19.1 Å². The third-order valence-electron chi connectivity index (χ3n) is 2.66. The van der Waals surface area contributed by atoms with Crippen LogP contribution < -0.4 is 5.32 Å². The summed E-state index contributed by atoms with van der Waals surface area (Å²) < 4.78 is 5.19. The van der Waals surface area contributed by atoms with Gasteiger partial charge in [-0.15, -0.1) is 0 Å². The van der Waals surface area contributed by atoms with Gasteiger partial charge >= 0.3 is 0 Å². The molecular weight excluding hydrogens is 218 g/mol. The highest BCUT2D eigenvalue weighted by molar-refractivity contribution is 5.44. The number of aromatic hydroxyl groups is 2. The molecule has 0 amide bonds. The molecule has 0 aliphatic rings. The smallest absolute Gasteiger partial charge is 0.124 e. The Morgan fingerprint density at radius 1 is 1.18 bits per heavy atom. The summed E-state index contributed by atoms with van der Waals surface area (Å²) in [5, 5.41) is 22.6. The molecular formula is C13H15NO3. The van der Waals surface area contributed by atoms with Crippen molar-refractivity contribution in [3.05, 3.63) is 47.9 Å². The summed E-state index contributed by atoms with van der Waals surface area (Å²) in [4.78, 5) is 0. The van der Waals surface area contributed by atoms with Gasteiger partial charge in [0, 0.05) is 6.04 Å². The van der Waals surface area contributed by atoms with Gasteiger partial charge in [0.1, 0.15) is 17.3 Å². The van der Waals surface area contributed by atoms with Gasteiger partial charge in [0.05, 0.1) is 18.4 Å². The molecule has 1 aromatic carbocycles. The Bertz CT molecular complexity index is 459. The predicted molar refractivity (Wildman–Crippen MR) is 63.7 cm³/mol. The van der Waals surface area contributed by atoms with Gasteiger partial charge in [-0.3, -0.25) is 0 Å². The van der Waals surface area contributed by atoms with Crippen molar-refractivity contribution in [2.24, 2.45) is 0 Å². The van der Waals surface area contributed by atoms with Crippen LogP contribution in [0.3, 0.4) is 0 Å². The van der Waals surface area contributed by atoms with Crippen molar-refractivity contribution in [3.8, 4) is 11.5 Å². The molecule has 0 spiro atoms. The largest absolute Gasteiger partial charge is 0.507 e. The lowest BCUT2D eigenvalue weighted by Crippen LogP contribution is -2.17. The summed E-state index contributed by atoms with van der Waals surface area (Å²) in [5.41, 5.74) is 0.499. The molecule has 0 aliphatic heterocycles. The highest BCUT2D eigenvalue weighted by Gasteiger charge is 2.14. The number of hydrogen-bond acceptors (Lipinski definition) is 4. The van der Waals surface area contributed by atoms with Crippen LogP contribution >= 0.6 is 0 Å².